The van der Waals surface area contributed by atoms with Crippen LogP contribution >= 0.6 is 0 Å². The van der Waals surface area contributed by atoms with Crippen molar-refractivity contribution in [1.29, 1.82) is 5.26 Å². The van der Waals surface area contributed by atoms with Crippen molar-refractivity contribution in [1.82, 2.24) is 0 Å². The second-order valence-corrected chi connectivity index (χ2v) is 12.4. The third kappa shape index (κ3) is 4.88. The second-order valence-electron chi connectivity index (χ2n) is 6.80. The Kier molecular flexibility index (Phi) is 4.98. The zero-order chi connectivity index (χ0) is 15.3. The molecule has 2 rings (SSSR count). The fourth-order valence-corrected chi connectivity index (χ4v) is 3.66. The number of aryl methyl sites for hydroxylation is 1. The number of rotatable bonds is 5. The Morgan fingerprint density at radius 1 is 0.857 bits per heavy atom. The minimum absolute atomic E-state index is 0.710. The van der Waals surface area contributed by atoms with E-state index in [1.165, 1.54) is 35.6 Å². The van der Waals surface area contributed by atoms with E-state index >= 15 is 0 Å². The minimum atomic E-state index is -0.910. The first-order valence-electron chi connectivity index (χ1n) is 7.57. The normalized spacial score (nSPS) is 11.1. The van der Waals surface area contributed by atoms with Gasteiger partial charge < -0.3 is 0 Å². The number of hydrogen-bond donors (Lipinski definition) is 0. The van der Waals surface area contributed by atoms with Gasteiger partial charge in [-0.1, -0.05) is 68.5 Å². The highest BCUT2D eigenvalue weighted by Crippen LogP contribution is 2.21. The van der Waals surface area contributed by atoms with E-state index in [-0.39, 0.29) is 0 Å². The summed E-state index contributed by atoms with van der Waals surface area (Å²) in [5.74, 6) is 0. The Labute approximate surface area is 129 Å². The van der Waals surface area contributed by atoms with E-state index in [2.05, 4.69) is 50.0 Å². The first kappa shape index (κ1) is 15.5. The van der Waals surface area contributed by atoms with Crippen LogP contribution in [0.15, 0.2) is 48.5 Å². The highest BCUT2D eigenvalue weighted by atomic mass is 28.3. The van der Waals surface area contributed by atoms with Crippen molar-refractivity contribution in [2.45, 2.75) is 38.5 Å². The fourth-order valence-electron chi connectivity index (χ4n) is 2.42. The molecule has 0 amide bonds. The molecule has 21 heavy (non-hydrogen) atoms. The summed E-state index contributed by atoms with van der Waals surface area (Å²) in [7, 11) is -0.910. The smallest absolute Gasteiger partial charge is 0.0991 e. The average molecular weight is 293 g/mol. The third-order valence-electron chi connectivity index (χ3n) is 3.69. The summed E-state index contributed by atoms with van der Waals surface area (Å²) in [6.07, 6.45) is 2.48. The van der Waals surface area contributed by atoms with E-state index in [1.54, 1.807) is 0 Å². The molecule has 0 atom stereocenters. The molecule has 0 aliphatic heterocycles. The summed E-state index contributed by atoms with van der Waals surface area (Å²) < 4.78 is 0. The quantitative estimate of drug-likeness (QED) is 0.668. The van der Waals surface area contributed by atoms with Crippen molar-refractivity contribution in [3.63, 3.8) is 0 Å². The van der Waals surface area contributed by atoms with Gasteiger partial charge in [0.15, 0.2) is 0 Å². The standard InChI is InChI=1S/C19H23NSi/c1-21(2,3)14-4-5-16-6-10-18(11-7-16)19-12-8-17(15-20)9-13-19/h6-13H,4-5,14H2,1-3H3. The Morgan fingerprint density at radius 3 is 1.86 bits per heavy atom. The summed E-state index contributed by atoms with van der Waals surface area (Å²) >= 11 is 0. The van der Waals surface area contributed by atoms with Gasteiger partial charge in [0, 0.05) is 8.07 Å². The maximum Gasteiger partial charge on any atom is 0.0991 e. The molecule has 0 aliphatic carbocycles. The molecule has 2 heteroatoms. The topological polar surface area (TPSA) is 23.8 Å². The predicted molar refractivity (Wildman–Crippen MR) is 93.1 cm³/mol. The monoisotopic (exact) mass is 293 g/mol. The van der Waals surface area contributed by atoms with Crippen LogP contribution in [0.3, 0.4) is 0 Å². The molecule has 0 aromatic heterocycles. The molecule has 1 nitrogen and oxygen atoms in total. The molecule has 2 aromatic carbocycles. The van der Waals surface area contributed by atoms with E-state index < -0.39 is 8.07 Å². The van der Waals surface area contributed by atoms with Crippen LogP contribution in [-0.2, 0) is 6.42 Å². The summed E-state index contributed by atoms with van der Waals surface area (Å²) in [6, 6.07) is 20.2. The van der Waals surface area contributed by atoms with Gasteiger partial charge >= 0.3 is 0 Å². The molecule has 108 valence electrons. The van der Waals surface area contributed by atoms with Gasteiger partial charge in [0.05, 0.1) is 11.6 Å². The molecule has 0 aliphatic rings. The van der Waals surface area contributed by atoms with Gasteiger partial charge in [-0.2, -0.15) is 5.26 Å². The van der Waals surface area contributed by atoms with Crippen molar-refractivity contribution in [2.75, 3.05) is 0 Å². The average Bonchev–Trinajstić information content (AvgIpc) is 2.47. The number of hydrogen-bond acceptors (Lipinski definition) is 1. The lowest BCUT2D eigenvalue weighted by molar-refractivity contribution is 0.902. The molecule has 0 bridgehead atoms. The van der Waals surface area contributed by atoms with Gasteiger partial charge in [0.25, 0.3) is 0 Å². The summed E-state index contributed by atoms with van der Waals surface area (Å²) in [5.41, 5.74) is 4.52. The fraction of sp³-hybridized carbons (Fsp3) is 0.316. The van der Waals surface area contributed by atoms with Crippen molar-refractivity contribution in [3.05, 3.63) is 59.7 Å². The minimum Gasteiger partial charge on any atom is -0.192 e. The molecule has 0 fully saturated rings. The van der Waals surface area contributed by atoms with Gasteiger partial charge in [0.2, 0.25) is 0 Å². The van der Waals surface area contributed by atoms with E-state index in [4.69, 9.17) is 5.26 Å². The number of nitriles is 1. The lowest BCUT2D eigenvalue weighted by atomic mass is 10.0. The third-order valence-corrected chi connectivity index (χ3v) is 5.55. The molecule has 0 saturated heterocycles. The van der Waals surface area contributed by atoms with Crippen LogP contribution in [0.2, 0.25) is 25.7 Å². The second kappa shape index (κ2) is 6.73. The van der Waals surface area contributed by atoms with Crippen LogP contribution in [0, 0.1) is 11.3 Å². The van der Waals surface area contributed by atoms with Crippen LogP contribution in [0.5, 0.6) is 0 Å². The zero-order valence-electron chi connectivity index (χ0n) is 13.2. The summed E-state index contributed by atoms with van der Waals surface area (Å²) in [5, 5.41) is 8.83. The molecule has 0 saturated carbocycles. The largest absolute Gasteiger partial charge is 0.192 e. The molecule has 0 unspecified atom stereocenters. The van der Waals surface area contributed by atoms with E-state index in [0.717, 1.165) is 0 Å². The Bertz CT molecular complexity index is 613. The van der Waals surface area contributed by atoms with Crippen LogP contribution < -0.4 is 0 Å². The molecule has 0 N–H and O–H groups in total. The SMILES string of the molecule is C[Si](C)(C)CCCc1ccc(-c2ccc(C#N)cc2)cc1. The number of benzene rings is 2. The van der Waals surface area contributed by atoms with Crippen LogP contribution in [0.25, 0.3) is 11.1 Å². The van der Waals surface area contributed by atoms with Crippen molar-refractivity contribution < 1.29 is 0 Å². The number of nitrogens with zero attached hydrogens (tertiary/aromatic N) is 1. The molecular weight excluding hydrogens is 270 g/mol. The highest BCUT2D eigenvalue weighted by Gasteiger charge is 2.11. The Morgan fingerprint density at radius 2 is 1.38 bits per heavy atom. The molecule has 0 radical (unpaired) electrons. The van der Waals surface area contributed by atoms with E-state index in [0.29, 0.717) is 5.56 Å². The molecule has 0 spiro atoms. The lowest BCUT2D eigenvalue weighted by Gasteiger charge is -2.15. The van der Waals surface area contributed by atoms with Crippen molar-refractivity contribution >= 4 is 8.07 Å². The summed E-state index contributed by atoms with van der Waals surface area (Å²) in [6.45, 7) is 7.29. The molecule has 2 aromatic rings. The first-order valence-corrected chi connectivity index (χ1v) is 11.3. The first-order chi connectivity index (χ1) is 9.98. The molecule has 0 heterocycles. The van der Waals surface area contributed by atoms with Gasteiger partial charge in [-0.25, -0.2) is 0 Å². The van der Waals surface area contributed by atoms with Gasteiger partial charge in [-0.3, -0.25) is 0 Å². The maximum atomic E-state index is 8.83. The lowest BCUT2D eigenvalue weighted by Crippen LogP contribution is -2.18. The Balaban J connectivity index is 2.00. The van der Waals surface area contributed by atoms with Crippen molar-refractivity contribution in [3.8, 4) is 17.2 Å². The van der Waals surface area contributed by atoms with E-state index in [1.807, 2.05) is 24.3 Å². The van der Waals surface area contributed by atoms with Gasteiger partial charge in [-0.15, -0.1) is 0 Å². The van der Waals surface area contributed by atoms with Crippen LogP contribution in [-0.4, -0.2) is 8.07 Å². The predicted octanol–water partition coefficient (Wildman–Crippen LogP) is 5.50. The van der Waals surface area contributed by atoms with Gasteiger partial charge in [-0.05, 0) is 35.2 Å². The van der Waals surface area contributed by atoms with E-state index in [9.17, 15) is 0 Å². The van der Waals surface area contributed by atoms with Crippen molar-refractivity contribution in [2.24, 2.45) is 0 Å². The highest BCUT2D eigenvalue weighted by molar-refractivity contribution is 6.76. The van der Waals surface area contributed by atoms with Crippen LogP contribution in [0.1, 0.15) is 17.5 Å². The Hall–Kier alpha value is -1.85. The maximum absolute atomic E-state index is 8.83. The summed E-state index contributed by atoms with van der Waals surface area (Å²) in [4.78, 5) is 0. The van der Waals surface area contributed by atoms with Crippen LogP contribution in [0.4, 0.5) is 0 Å². The van der Waals surface area contributed by atoms with Gasteiger partial charge in [0.1, 0.15) is 0 Å². The molecular formula is C19H23NSi. The zero-order valence-corrected chi connectivity index (χ0v) is 14.2.